The number of aromatic nitrogens is 1. The molecule has 1 aromatic carbocycles. The number of thiazole rings is 1. The monoisotopic (exact) mass is 221 g/mol. The number of carbonyl (C=O) groups is 1. The molecule has 2 rings (SSSR count). The zero-order valence-corrected chi connectivity index (χ0v) is 8.84. The van der Waals surface area contributed by atoms with Gasteiger partial charge in [0, 0.05) is 11.8 Å². The maximum absolute atomic E-state index is 13.1. The summed E-state index contributed by atoms with van der Waals surface area (Å²) in [5, 5.41) is 0.666. The average Bonchev–Trinajstić information content (AvgIpc) is 2.64. The van der Waals surface area contributed by atoms with Crippen LogP contribution >= 0.6 is 11.3 Å². The summed E-state index contributed by atoms with van der Waals surface area (Å²) in [6.45, 7) is 1.82. The fourth-order valence-electron chi connectivity index (χ4n) is 1.33. The lowest BCUT2D eigenvalue weighted by atomic mass is 10.1. The van der Waals surface area contributed by atoms with Crippen LogP contribution in [0.2, 0.25) is 0 Å². The summed E-state index contributed by atoms with van der Waals surface area (Å²) >= 11 is 1.26. The van der Waals surface area contributed by atoms with Gasteiger partial charge in [-0.25, -0.2) is 9.37 Å². The van der Waals surface area contributed by atoms with Crippen molar-refractivity contribution < 1.29 is 9.18 Å². The minimum Gasteiger partial charge on any atom is -0.297 e. The van der Waals surface area contributed by atoms with E-state index in [2.05, 4.69) is 4.98 Å². The molecule has 0 aliphatic heterocycles. The second kappa shape index (κ2) is 3.90. The Balaban J connectivity index is 2.48. The first-order valence-corrected chi connectivity index (χ1v) is 5.19. The van der Waals surface area contributed by atoms with Crippen molar-refractivity contribution in [3.63, 3.8) is 0 Å². The van der Waals surface area contributed by atoms with Gasteiger partial charge in [-0.15, -0.1) is 11.3 Å². The van der Waals surface area contributed by atoms with Crippen LogP contribution in [0.4, 0.5) is 4.39 Å². The topological polar surface area (TPSA) is 30.0 Å². The summed E-state index contributed by atoms with van der Waals surface area (Å²) in [5.74, 6) is -0.284. The van der Waals surface area contributed by atoms with Crippen molar-refractivity contribution in [3.05, 3.63) is 40.7 Å². The van der Waals surface area contributed by atoms with Gasteiger partial charge in [-0.3, -0.25) is 4.79 Å². The Kier molecular flexibility index (Phi) is 2.60. The van der Waals surface area contributed by atoms with E-state index < -0.39 is 0 Å². The van der Waals surface area contributed by atoms with Gasteiger partial charge in [-0.1, -0.05) is 0 Å². The van der Waals surface area contributed by atoms with Crippen molar-refractivity contribution in [3.8, 4) is 10.6 Å². The molecule has 0 aliphatic carbocycles. The predicted molar refractivity (Wildman–Crippen MR) is 57.6 cm³/mol. The number of benzene rings is 1. The van der Waals surface area contributed by atoms with Gasteiger partial charge in [0.2, 0.25) is 0 Å². The molecule has 0 saturated carbocycles. The highest BCUT2D eigenvalue weighted by atomic mass is 32.1. The van der Waals surface area contributed by atoms with Gasteiger partial charge >= 0.3 is 0 Å². The molecule has 4 heteroatoms. The lowest BCUT2D eigenvalue weighted by Gasteiger charge is -1.98. The number of aldehydes is 1. The summed E-state index contributed by atoms with van der Waals surface area (Å²) < 4.78 is 13.1. The van der Waals surface area contributed by atoms with Crippen LogP contribution in [0.3, 0.4) is 0 Å². The molecule has 0 N–H and O–H groups in total. The van der Waals surface area contributed by atoms with Crippen LogP contribution in [-0.4, -0.2) is 11.3 Å². The number of halogens is 1. The number of hydrogen-bond acceptors (Lipinski definition) is 3. The molecule has 0 bridgehead atoms. The van der Waals surface area contributed by atoms with Gasteiger partial charge in [-0.05, 0) is 30.7 Å². The maximum Gasteiger partial charge on any atom is 0.161 e. The molecule has 0 unspecified atom stereocenters. The van der Waals surface area contributed by atoms with E-state index in [1.54, 1.807) is 0 Å². The number of carbonyl (C=O) groups excluding carboxylic acids is 1. The zero-order chi connectivity index (χ0) is 10.8. The molecule has 0 amide bonds. The zero-order valence-electron chi connectivity index (χ0n) is 8.03. The van der Waals surface area contributed by atoms with Crippen LogP contribution in [0.1, 0.15) is 15.2 Å². The SMILES string of the molecule is Cc1cc(F)cc(-c2ncc(C=O)s2)c1. The van der Waals surface area contributed by atoms with Crippen molar-refractivity contribution >= 4 is 17.6 Å². The molecule has 1 aromatic heterocycles. The van der Waals surface area contributed by atoms with E-state index >= 15 is 0 Å². The second-order valence-corrected chi connectivity index (χ2v) is 4.27. The largest absolute Gasteiger partial charge is 0.297 e. The van der Waals surface area contributed by atoms with E-state index in [1.807, 2.05) is 13.0 Å². The number of nitrogens with zero attached hydrogens (tertiary/aromatic N) is 1. The first kappa shape index (κ1) is 9.98. The molecule has 0 fully saturated rings. The van der Waals surface area contributed by atoms with Crippen molar-refractivity contribution in [2.75, 3.05) is 0 Å². The predicted octanol–water partition coefficient (Wildman–Crippen LogP) is 3.07. The molecule has 0 atom stereocenters. The standard InChI is InChI=1S/C11H8FNOS/c1-7-2-8(4-9(12)3-7)11-13-5-10(6-14)15-11/h2-6H,1H3. The lowest BCUT2D eigenvalue weighted by Crippen LogP contribution is -1.81. The highest BCUT2D eigenvalue weighted by molar-refractivity contribution is 7.16. The summed E-state index contributed by atoms with van der Waals surface area (Å²) in [4.78, 5) is 15.1. The first-order chi connectivity index (χ1) is 7.19. The Morgan fingerprint density at radius 1 is 1.40 bits per heavy atom. The Labute approximate surface area is 90.4 Å². The Morgan fingerprint density at radius 3 is 2.80 bits per heavy atom. The van der Waals surface area contributed by atoms with Crippen molar-refractivity contribution in [2.45, 2.75) is 6.92 Å². The number of hydrogen-bond donors (Lipinski definition) is 0. The van der Waals surface area contributed by atoms with E-state index in [0.29, 0.717) is 15.4 Å². The second-order valence-electron chi connectivity index (χ2n) is 3.20. The number of aryl methyl sites for hydroxylation is 1. The fourth-order valence-corrected chi connectivity index (χ4v) is 2.05. The summed E-state index contributed by atoms with van der Waals surface area (Å²) in [5.41, 5.74) is 1.55. The van der Waals surface area contributed by atoms with Crippen LogP contribution in [0.15, 0.2) is 24.4 Å². The molecular weight excluding hydrogens is 213 g/mol. The lowest BCUT2D eigenvalue weighted by molar-refractivity contribution is 0.112. The third-order valence-electron chi connectivity index (χ3n) is 1.93. The molecule has 0 radical (unpaired) electrons. The van der Waals surface area contributed by atoms with Crippen molar-refractivity contribution in [1.82, 2.24) is 4.98 Å². The maximum atomic E-state index is 13.1. The molecule has 0 spiro atoms. The third kappa shape index (κ3) is 2.10. The van der Waals surface area contributed by atoms with Crippen LogP contribution in [0.25, 0.3) is 10.6 Å². The highest BCUT2D eigenvalue weighted by Crippen LogP contribution is 2.25. The molecule has 15 heavy (non-hydrogen) atoms. The smallest absolute Gasteiger partial charge is 0.161 e. The van der Waals surface area contributed by atoms with Gasteiger partial charge in [0.25, 0.3) is 0 Å². The Morgan fingerprint density at radius 2 is 2.20 bits per heavy atom. The van der Waals surface area contributed by atoms with E-state index in [4.69, 9.17) is 0 Å². The normalized spacial score (nSPS) is 10.3. The van der Waals surface area contributed by atoms with E-state index in [9.17, 15) is 9.18 Å². The molecule has 1 heterocycles. The molecule has 0 saturated heterocycles. The average molecular weight is 221 g/mol. The fraction of sp³-hybridized carbons (Fsp3) is 0.0909. The van der Waals surface area contributed by atoms with Gasteiger partial charge < -0.3 is 0 Å². The molecule has 2 aromatic rings. The van der Waals surface area contributed by atoms with Gasteiger partial charge in [-0.2, -0.15) is 0 Å². The van der Waals surface area contributed by atoms with Crippen LogP contribution in [-0.2, 0) is 0 Å². The number of rotatable bonds is 2. The summed E-state index contributed by atoms with van der Waals surface area (Å²) in [6, 6.07) is 4.72. The van der Waals surface area contributed by atoms with Crippen molar-refractivity contribution in [2.24, 2.45) is 0 Å². The first-order valence-electron chi connectivity index (χ1n) is 4.37. The third-order valence-corrected chi connectivity index (χ3v) is 2.90. The quantitative estimate of drug-likeness (QED) is 0.729. The van der Waals surface area contributed by atoms with E-state index in [1.165, 1.54) is 29.7 Å². The molecule has 0 aliphatic rings. The van der Waals surface area contributed by atoms with Crippen LogP contribution in [0, 0.1) is 12.7 Å². The van der Waals surface area contributed by atoms with Gasteiger partial charge in [0.1, 0.15) is 10.8 Å². The summed E-state index contributed by atoms with van der Waals surface area (Å²) in [6.07, 6.45) is 2.24. The minimum atomic E-state index is -0.284. The van der Waals surface area contributed by atoms with E-state index in [-0.39, 0.29) is 5.82 Å². The Hall–Kier alpha value is -1.55. The molecule has 76 valence electrons. The molecule has 2 nitrogen and oxygen atoms in total. The minimum absolute atomic E-state index is 0.284. The van der Waals surface area contributed by atoms with Crippen LogP contribution < -0.4 is 0 Å². The van der Waals surface area contributed by atoms with Gasteiger partial charge in [0.05, 0.1) is 4.88 Å². The highest BCUT2D eigenvalue weighted by Gasteiger charge is 2.06. The van der Waals surface area contributed by atoms with Crippen molar-refractivity contribution in [1.29, 1.82) is 0 Å². The molecular formula is C11H8FNOS. The van der Waals surface area contributed by atoms with Crippen LogP contribution in [0.5, 0.6) is 0 Å². The Bertz CT molecular complexity index is 487. The summed E-state index contributed by atoms with van der Waals surface area (Å²) in [7, 11) is 0. The van der Waals surface area contributed by atoms with Gasteiger partial charge in [0.15, 0.2) is 6.29 Å². The van der Waals surface area contributed by atoms with E-state index in [0.717, 1.165) is 11.8 Å².